The second kappa shape index (κ2) is 92.3. The number of hydrogen-bond donors (Lipinski definition) is 14. The molecule has 7 aromatic heterocycles. The highest BCUT2D eigenvalue weighted by atomic mass is 16.3. The van der Waals surface area contributed by atoms with E-state index in [-0.39, 0.29) is 82.3 Å². The van der Waals surface area contributed by atoms with Crippen LogP contribution in [0.5, 0.6) is 0 Å². The number of aromatic nitrogens is 18. The number of hydrogen-bond acceptors (Lipinski definition) is 24. The lowest BCUT2D eigenvalue weighted by molar-refractivity contribution is -0.125. The van der Waals surface area contributed by atoms with Gasteiger partial charge in [0, 0.05) is 150 Å². The molecule has 0 bridgehead atoms. The fraction of sp³-hybridized carbons (Fsp3) is 0.717. The number of nitrogens with zero attached hydrogens (tertiary/aromatic N) is 15. The van der Waals surface area contributed by atoms with Gasteiger partial charge in [-0.1, -0.05) is 338 Å². The Labute approximate surface area is 858 Å². The van der Waals surface area contributed by atoms with E-state index >= 15 is 0 Å². The van der Waals surface area contributed by atoms with Crippen LogP contribution in [0.2, 0.25) is 0 Å². The van der Waals surface area contributed by atoms with E-state index in [1.165, 1.54) is 23.5 Å². The molecule has 0 radical (unpaired) electrons. The quantitative estimate of drug-likeness (QED) is 0.0161. The lowest BCUT2D eigenvalue weighted by Crippen LogP contribution is -2.33. The Balaban J connectivity index is -0.000000163. The number of imidazole rings is 2. The number of pyridine rings is 2. The zero-order chi connectivity index (χ0) is 113. The molecule has 0 fully saturated rings. The highest BCUT2D eigenvalue weighted by molar-refractivity contribution is 5.88. The third-order valence-electron chi connectivity index (χ3n) is 16.3. The number of aliphatic hydroxyl groups excluding tert-OH is 1. The molecule has 0 atom stereocenters. The van der Waals surface area contributed by atoms with Gasteiger partial charge in [-0.2, -0.15) is 20.8 Å². The van der Waals surface area contributed by atoms with E-state index in [0.29, 0.717) is 101 Å². The van der Waals surface area contributed by atoms with Crippen molar-refractivity contribution in [3.05, 3.63) is 146 Å². The summed E-state index contributed by atoms with van der Waals surface area (Å²) in [5.74, 6) is 14.4. The standard InChI is InChI=1S/2C9H16N2.C8H17N.2C8H16O.C7H16N2.2C7H15NO.C5H9N3.2C5H5NO.3C4H8N4.2C4H9NO.2C4H10/c2*1-6(2)8-5-10-9(11-8)7(3)4;3*1-6(2)5-8(9)7(3)4;1-5(2)7(8)9-6(3)4;2*1-5(2)7(9)8-6(3)4;1-4(2)5-3-6-8-7-5;2*7-5-3-1-2-4-6-5;3*1-3(2)4-5-7-8-6-4;2*1-3(2)4(5)6;2*1-4(2)3/h2*5-7H,1-4H3,(H,10,11);5-7H,9H2,1-4H3;6-7H,5H2,1-4H3;5-7,9H,1-4H3;5-6H,1-4H3,(H2,8,9);2*5-6H,1-4H3,(H,8,9);4H,3H2,1-2H3;2*1-4H,(H,6,7);3*3H,1-2H3,(H,5,6,7,8);2*3H,1-2H3,(H2,5,6);2*4H,1-3H3/b;;8-5-;;8-5-;;;;;;;;;;;;;. The number of carbonyl (C=O) groups is 5. The van der Waals surface area contributed by atoms with Crippen LogP contribution in [0.25, 0.3) is 0 Å². The summed E-state index contributed by atoms with van der Waals surface area (Å²) < 4.78 is 0. The fourth-order valence-electron chi connectivity index (χ4n) is 7.49. The van der Waals surface area contributed by atoms with Gasteiger partial charge in [-0.05, 0) is 118 Å². The van der Waals surface area contributed by atoms with Crippen molar-refractivity contribution in [2.75, 3.05) is 6.54 Å². The molecule has 7 aromatic rings. The number of primary amides is 2. The molecule has 0 aromatic carbocycles. The molecule has 18 N–H and O–H groups in total. The van der Waals surface area contributed by atoms with Crippen LogP contribution in [0.1, 0.15) is 435 Å². The zero-order valence-corrected chi connectivity index (χ0v) is 98.0. The van der Waals surface area contributed by atoms with Crippen molar-refractivity contribution in [2.24, 2.45) is 126 Å². The number of tetrazole rings is 3. The molecule has 0 unspecified atom stereocenters. The molecule has 820 valence electrons. The lowest BCUT2D eigenvalue weighted by atomic mass is 9.99. The summed E-state index contributed by atoms with van der Waals surface area (Å²) >= 11 is 0. The van der Waals surface area contributed by atoms with Crippen LogP contribution >= 0.6 is 0 Å². The summed E-state index contributed by atoms with van der Waals surface area (Å²) in [6.07, 6.45) is 11.8. The first-order valence-electron chi connectivity index (χ1n) is 50.6. The average Bonchev–Trinajstić information content (AvgIpc) is 1.75. The van der Waals surface area contributed by atoms with Crippen LogP contribution in [0.3, 0.4) is 0 Å². The number of amidine groups is 1. The summed E-state index contributed by atoms with van der Waals surface area (Å²) in [7, 11) is 0. The number of H-pyrrole nitrogens is 7. The topological polar surface area (TPSA) is 570 Å². The van der Waals surface area contributed by atoms with E-state index in [4.69, 9.17) is 28.0 Å². The van der Waals surface area contributed by atoms with Gasteiger partial charge in [-0.25, -0.2) is 9.97 Å². The van der Waals surface area contributed by atoms with Gasteiger partial charge in [-0.15, -0.1) is 35.7 Å². The van der Waals surface area contributed by atoms with Gasteiger partial charge in [-0.3, -0.25) is 38.6 Å². The molecule has 142 heavy (non-hydrogen) atoms. The van der Waals surface area contributed by atoms with Crippen molar-refractivity contribution in [1.29, 1.82) is 0 Å². The number of rotatable bonds is 23. The van der Waals surface area contributed by atoms with Crippen molar-refractivity contribution in [3.8, 4) is 0 Å². The normalized spacial score (nSPS) is 11.2. The van der Waals surface area contributed by atoms with Crippen molar-refractivity contribution in [3.63, 3.8) is 0 Å². The maximum atomic E-state index is 11.0. The van der Waals surface area contributed by atoms with Gasteiger partial charge in [0.1, 0.15) is 24.0 Å². The third kappa shape index (κ3) is 109. The molecule has 0 spiro atoms. The molecule has 4 amide bonds. The summed E-state index contributed by atoms with van der Waals surface area (Å²) in [6, 6.07) is 10.7. The smallest absolute Gasteiger partial charge is 0.247 e. The van der Waals surface area contributed by atoms with Crippen molar-refractivity contribution in [2.45, 2.75) is 412 Å². The lowest BCUT2D eigenvalue weighted by Gasteiger charge is -2.09. The van der Waals surface area contributed by atoms with E-state index in [0.717, 1.165) is 64.6 Å². The average molecular weight is 2000 g/mol. The molecule has 0 saturated heterocycles. The van der Waals surface area contributed by atoms with Crippen molar-refractivity contribution in [1.82, 2.24) is 102 Å². The molecule has 0 aliphatic carbocycles. The van der Waals surface area contributed by atoms with Crippen molar-refractivity contribution >= 4 is 41.0 Å². The van der Waals surface area contributed by atoms with Gasteiger partial charge in [0.25, 0.3) is 0 Å². The number of nitrogens with one attached hydrogen (secondary N) is 9. The maximum absolute atomic E-state index is 11.0. The number of nitrogens with two attached hydrogens (primary N) is 4. The number of amides is 4. The molecule has 1 aliphatic rings. The first-order valence-corrected chi connectivity index (χ1v) is 50.6. The van der Waals surface area contributed by atoms with E-state index in [1.807, 2.05) is 171 Å². The number of aromatic amines is 7. The molecule has 0 saturated carbocycles. The summed E-state index contributed by atoms with van der Waals surface area (Å²) in [4.78, 5) is 97.2. The summed E-state index contributed by atoms with van der Waals surface area (Å²) in [6.45, 7) is 102. The summed E-state index contributed by atoms with van der Waals surface area (Å²) in [5.41, 5.74) is 25.3. The molecule has 36 heteroatoms. The van der Waals surface area contributed by atoms with E-state index in [9.17, 15) is 33.6 Å². The molecule has 1 aliphatic heterocycles. The largest absolute Gasteiger partial charge is 0.512 e. The first kappa shape index (κ1) is 151. The predicted octanol–water partition coefficient (Wildman–Crippen LogP) is 23.0. The molecule has 36 nitrogen and oxygen atoms in total. The van der Waals surface area contributed by atoms with E-state index in [2.05, 4.69) is 295 Å². The Kier molecular flexibility index (Phi) is 98.2. The van der Waals surface area contributed by atoms with Crippen LogP contribution in [-0.4, -0.2) is 163 Å². The molecule has 8 heterocycles. The number of Topliss-reactive ketones (excluding diaryl/α,β-unsaturated/α-hetero) is 1. The monoisotopic (exact) mass is 2000 g/mol. The number of ketones is 1. The SMILES string of the molecule is CC(C)/C=C(\N)C(C)C.CC(C)/C=C(\O)C(C)C.CC(C)C.CC(C)C.CC(C)C(N)=O.CC(C)C(N)=O.CC(C)C1=NN=NC1.CC(C)CC(=O)C(C)C.CC(C)N=C(N)C(C)C.CC(C)NC(=O)C(C)C.CC(C)NC(=O)C(C)C.CC(C)c1cnc(C(C)C)[nH]1.CC(C)c1cnc(C(C)C)[nH]1.CC(C)c1nn[nH]n1.CC(C)c1nn[nH]n1.CC(C)c1nn[nH]n1.O=c1cccc[nH]1.O=c1cccc[nH]1. The van der Waals surface area contributed by atoms with Crippen LogP contribution in [0, 0.1) is 82.9 Å². The van der Waals surface area contributed by atoms with Gasteiger partial charge in [0.05, 0.1) is 17.3 Å². The Morgan fingerprint density at radius 1 is 0.401 bits per heavy atom. The van der Waals surface area contributed by atoms with Gasteiger partial charge in [0.15, 0.2) is 17.5 Å². The minimum atomic E-state index is -0.241. The second-order valence-electron chi connectivity index (χ2n) is 41.7. The third-order valence-corrected chi connectivity index (χ3v) is 16.3. The van der Waals surface area contributed by atoms with Crippen LogP contribution in [0.15, 0.2) is 115 Å². The van der Waals surface area contributed by atoms with Crippen LogP contribution in [0.4, 0.5) is 0 Å². The Morgan fingerprint density at radius 2 is 0.718 bits per heavy atom. The first-order chi connectivity index (χ1) is 65.2. The Bertz CT molecular complexity index is 3930. The molecular weight excluding hydrogens is 1790 g/mol. The predicted molar refractivity (Wildman–Crippen MR) is 593 cm³/mol. The molecule has 8 rings (SSSR count). The van der Waals surface area contributed by atoms with E-state index in [1.54, 1.807) is 64.4 Å². The maximum Gasteiger partial charge on any atom is 0.247 e. The van der Waals surface area contributed by atoms with Crippen LogP contribution in [-0.2, 0) is 24.0 Å². The highest BCUT2D eigenvalue weighted by Gasteiger charge is 2.13. The van der Waals surface area contributed by atoms with Gasteiger partial charge >= 0.3 is 0 Å². The van der Waals surface area contributed by atoms with E-state index < -0.39 is 0 Å². The summed E-state index contributed by atoms with van der Waals surface area (Å²) in [5, 5.41) is 65.8. The number of aliphatic hydroxyl groups is 1. The van der Waals surface area contributed by atoms with Crippen molar-refractivity contribution < 1.29 is 29.1 Å². The number of aliphatic imine (C=N–C) groups is 1. The highest BCUT2D eigenvalue weighted by Crippen LogP contribution is 2.18. The minimum Gasteiger partial charge on any atom is -0.512 e. The number of carbonyl (C=O) groups excluding carboxylic acids is 5. The second-order valence-corrected chi connectivity index (χ2v) is 41.7. The van der Waals surface area contributed by atoms with Gasteiger partial charge < -0.3 is 58.6 Å². The molecular formula is C106H208N28O8. The van der Waals surface area contributed by atoms with Crippen LogP contribution < -0.4 is 44.7 Å². The Hall–Kier alpha value is -11.1. The van der Waals surface area contributed by atoms with Gasteiger partial charge in [0.2, 0.25) is 34.7 Å². The Morgan fingerprint density at radius 3 is 0.817 bits per heavy atom. The minimum absolute atomic E-state index is 0.00926. The zero-order valence-electron chi connectivity index (χ0n) is 98.0. The number of allylic oxidation sites excluding steroid dienone is 4. The fourth-order valence-corrected chi connectivity index (χ4v) is 7.49.